The smallest absolute Gasteiger partial charge is 0.152 e. The van der Waals surface area contributed by atoms with E-state index in [1.54, 1.807) is 0 Å². The van der Waals surface area contributed by atoms with E-state index in [1.165, 1.54) is 16.7 Å². The minimum atomic E-state index is -2.92. The Morgan fingerprint density at radius 3 is 2.39 bits per heavy atom. The second-order valence-corrected chi connectivity index (χ2v) is 7.52. The number of nitrogens with one attached hydrogen (secondary N) is 1. The third-order valence-electron chi connectivity index (χ3n) is 3.53. The van der Waals surface area contributed by atoms with Crippen molar-refractivity contribution in [2.45, 2.75) is 33.2 Å². The summed E-state index contributed by atoms with van der Waals surface area (Å²) in [5.41, 5.74) is 4.75. The summed E-state index contributed by atoms with van der Waals surface area (Å²) >= 11 is 0. The van der Waals surface area contributed by atoms with E-state index >= 15 is 0 Å². The zero-order chi connectivity index (χ0) is 13.3. The number of aryl methyl sites for hydroxylation is 3. The molecule has 2 rings (SSSR count). The number of rotatable bonds is 1. The number of benzene rings is 1. The molecule has 0 saturated carbocycles. The standard InChI is InChI=1S/C14H21NO2S/c1-10-7-11(2)14(12(3)8-10)13-9-18(16,17)6-4-5-15-13/h7-8,13,15H,4-6,9H2,1-3H3. The van der Waals surface area contributed by atoms with E-state index in [1.807, 2.05) is 0 Å². The second kappa shape index (κ2) is 5.02. The molecule has 1 aliphatic heterocycles. The molecule has 18 heavy (non-hydrogen) atoms. The summed E-state index contributed by atoms with van der Waals surface area (Å²) in [7, 11) is -2.92. The average molecular weight is 267 g/mol. The molecule has 0 bridgehead atoms. The van der Waals surface area contributed by atoms with Gasteiger partial charge in [0.2, 0.25) is 0 Å². The lowest BCUT2D eigenvalue weighted by Crippen LogP contribution is -2.26. The molecule has 0 aliphatic carbocycles. The Morgan fingerprint density at radius 2 is 1.78 bits per heavy atom. The van der Waals surface area contributed by atoms with Crippen LogP contribution in [0.2, 0.25) is 0 Å². The van der Waals surface area contributed by atoms with Crippen LogP contribution in [0.1, 0.15) is 34.7 Å². The third-order valence-corrected chi connectivity index (χ3v) is 5.28. The second-order valence-electron chi connectivity index (χ2n) is 5.29. The van der Waals surface area contributed by atoms with Crippen molar-refractivity contribution in [2.75, 3.05) is 18.1 Å². The normalized spacial score (nSPS) is 23.6. The first-order chi connectivity index (χ1) is 8.39. The van der Waals surface area contributed by atoms with Gasteiger partial charge >= 0.3 is 0 Å². The van der Waals surface area contributed by atoms with E-state index < -0.39 is 9.84 Å². The molecule has 3 nitrogen and oxygen atoms in total. The molecule has 0 amide bonds. The molecule has 0 spiro atoms. The molecule has 1 fully saturated rings. The highest BCUT2D eigenvalue weighted by atomic mass is 32.2. The highest BCUT2D eigenvalue weighted by Gasteiger charge is 2.25. The van der Waals surface area contributed by atoms with E-state index in [4.69, 9.17) is 0 Å². The maximum absolute atomic E-state index is 11.9. The summed E-state index contributed by atoms with van der Waals surface area (Å²) in [6.45, 7) is 6.97. The van der Waals surface area contributed by atoms with Crippen LogP contribution in [0.3, 0.4) is 0 Å². The molecular weight excluding hydrogens is 246 g/mol. The van der Waals surface area contributed by atoms with Crippen molar-refractivity contribution in [3.63, 3.8) is 0 Å². The lowest BCUT2D eigenvalue weighted by molar-refractivity contribution is 0.568. The Hall–Kier alpha value is -0.870. The van der Waals surface area contributed by atoms with Crippen LogP contribution in [0.5, 0.6) is 0 Å². The average Bonchev–Trinajstić information content (AvgIpc) is 2.37. The monoisotopic (exact) mass is 267 g/mol. The topological polar surface area (TPSA) is 46.2 Å². The SMILES string of the molecule is Cc1cc(C)c(C2CS(=O)(=O)CCCN2)c(C)c1. The Labute approximate surface area is 110 Å². The Morgan fingerprint density at radius 1 is 1.17 bits per heavy atom. The van der Waals surface area contributed by atoms with Crippen molar-refractivity contribution in [3.8, 4) is 0 Å². The van der Waals surface area contributed by atoms with Crippen LogP contribution in [0.15, 0.2) is 12.1 Å². The van der Waals surface area contributed by atoms with E-state index in [9.17, 15) is 8.42 Å². The molecule has 1 aliphatic rings. The fourth-order valence-electron chi connectivity index (χ4n) is 2.89. The van der Waals surface area contributed by atoms with Crippen molar-refractivity contribution in [1.82, 2.24) is 5.32 Å². The number of hydrogen-bond acceptors (Lipinski definition) is 3. The Kier molecular flexibility index (Phi) is 3.78. The van der Waals surface area contributed by atoms with Crippen LogP contribution in [-0.2, 0) is 9.84 Å². The first-order valence-electron chi connectivity index (χ1n) is 6.40. The number of hydrogen-bond donors (Lipinski definition) is 1. The van der Waals surface area contributed by atoms with Crippen LogP contribution < -0.4 is 5.32 Å². The fraction of sp³-hybridized carbons (Fsp3) is 0.571. The Balaban J connectivity index is 2.41. The van der Waals surface area contributed by atoms with Gasteiger partial charge in [-0.25, -0.2) is 8.42 Å². The van der Waals surface area contributed by atoms with Gasteiger partial charge in [-0.2, -0.15) is 0 Å². The summed E-state index contributed by atoms with van der Waals surface area (Å²) in [6, 6.07) is 4.20. The van der Waals surface area contributed by atoms with Gasteiger partial charge in [0.05, 0.1) is 11.5 Å². The molecular formula is C14H21NO2S. The van der Waals surface area contributed by atoms with Crippen LogP contribution >= 0.6 is 0 Å². The predicted molar refractivity (Wildman–Crippen MR) is 74.7 cm³/mol. The van der Waals surface area contributed by atoms with Gasteiger partial charge in [-0.1, -0.05) is 17.7 Å². The van der Waals surface area contributed by atoms with Crippen LogP contribution in [0.4, 0.5) is 0 Å². The summed E-state index contributed by atoms with van der Waals surface area (Å²) in [4.78, 5) is 0. The number of sulfone groups is 1. The zero-order valence-electron chi connectivity index (χ0n) is 11.3. The molecule has 1 aromatic carbocycles. The highest BCUT2D eigenvalue weighted by molar-refractivity contribution is 7.91. The van der Waals surface area contributed by atoms with E-state index in [0.717, 1.165) is 12.1 Å². The van der Waals surface area contributed by atoms with Gasteiger partial charge in [-0.05, 0) is 50.4 Å². The van der Waals surface area contributed by atoms with Crippen molar-refractivity contribution in [3.05, 3.63) is 34.4 Å². The van der Waals surface area contributed by atoms with Crippen LogP contribution in [0.25, 0.3) is 0 Å². The van der Waals surface area contributed by atoms with Crippen LogP contribution in [-0.4, -0.2) is 26.5 Å². The minimum absolute atomic E-state index is 0.0573. The maximum Gasteiger partial charge on any atom is 0.152 e. The minimum Gasteiger partial charge on any atom is -0.309 e. The van der Waals surface area contributed by atoms with Gasteiger partial charge < -0.3 is 5.32 Å². The lowest BCUT2D eigenvalue weighted by atomic mass is 9.95. The first kappa shape index (κ1) is 13.6. The van der Waals surface area contributed by atoms with Gasteiger partial charge in [0.25, 0.3) is 0 Å². The molecule has 1 aromatic rings. The molecule has 100 valence electrons. The van der Waals surface area contributed by atoms with Crippen LogP contribution in [0, 0.1) is 20.8 Å². The van der Waals surface area contributed by atoms with Gasteiger partial charge in [0.15, 0.2) is 9.84 Å². The third kappa shape index (κ3) is 2.93. The molecule has 1 saturated heterocycles. The van der Waals surface area contributed by atoms with E-state index in [0.29, 0.717) is 12.2 Å². The highest BCUT2D eigenvalue weighted by Crippen LogP contribution is 2.26. The molecule has 0 radical (unpaired) electrons. The van der Waals surface area contributed by atoms with Crippen molar-refractivity contribution in [2.24, 2.45) is 0 Å². The first-order valence-corrected chi connectivity index (χ1v) is 8.23. The zero-order valence-corrected chi connectivity index (χ0v) is 12.1. The van der Waals surface area contributed by atoms with Gasteiger partial charge in [-0.3, -0.25) is 0 Å². The largest absolute Gasteiger partial charge is 0.309 e. The fourth-order valence-corrected chi connectivity index (χ4v) is 4.43. The van der Waals surface area contributed by atoms with E-state index in [2.05, 4.69) is 38.2 Å². The van der Waals surface area contributed by atoms with Gasteiger partial charge in [-0.15, -0.1) is 0 Å². The van der Waals surface area contributed by atoms with Gasteiger partial charge in [0.1, 0.15) is 0 Å². The molecule has 4 heteroatoms. The predicted octanol–water partition coefficient (Wildman–Crippen LogP) is 2.06. The molecule has 1 heterocycles. The summed E-state index contributed by atoms with van der Waals surface area (Å²) in [5, 5.41) is 3.38. The van der Waals surface area contributed by atoms with Gasteiger partial charge in [0, 0.05) is 6.04 Å². The Bertz CT molecular complexity index is 526. The van der Waals surface area contributed by atoms with Crippen molar-refractivity contribution >= 4 is 9.84 Å². The maximum atomic E-state index is 11.9. The quantitative estimate of drug-likeness (QED) is 0.847. The van der Waals surface area contributed by atoms with E-state index in [-0.39, 0.29) is 11.8 Å². The molecule has 1 N–H and O–H groups in total. The molecule has 1 atom stereocenters. The summed E-state index contributed by atoms with van der Waals surface area (Å²) in [6.07, 6.45) is 0.711. The molecule has 0 aromatic heterocycles. The molecule has 1 unspecified atom stereocenters. The van der Waals surface area contributed by atoms with Crippen molar-refractivity contribution < 1.29 is 8.42 Å². The summed E-state index contributed by atoms with van der Waals surface area (Å²) < 4.78 is 23.8. The lowest BCUT2D eigenvalue weighted by Gasteiger charge is -2.21. The summed E-state index contributed by atoms with van der Waals surface area (Å²) in [5.74, 6) is 0.526. The van der Waals surface area contributed by atoms with Crippen molar-refractivity contribution in [1.29, 1.82) is 0 Å².